The third-order valence-electron chi connectivity index (χ3n) is 4.09. The quantitative estimate of drug-likeness (QED) is 0.847. The predicted molar refractivity (Wildman–Crippen MR) is 91.5 cm³/mol. The summed E-state index contributed by atoms with van der Waals surface area (Å²) in [6.45, 7) is 4.01. The number of piperazine rings is 1. The van der Waals surface area contributed by atoms with Crippen molar-refractivity contribution in [2.45, 2.75) is 26.3 Å². The van der Waals surface area contributed by atoms with E-state index in [0.717, 1.165) is 16.5 Å². The number of benzene rings is 1. The fraction of sp³-hybridized carbons (Fsp3) is 0.333. The maximum absolute atomic E-state index is 12.7. The second-order valence-electron chi connectivity index (χ2n) is 6.30. The highest BCUT2D eigenvalue weighted by atomic mass is 16.7. The Bertz CT molecular complexity index is 807. The highest BCUT2D eigenvalue weighted by Crippen LogP contribution is 2.23. The summed E-state index contributed by atoms with van der Waals surface area (Å²) >= 11 is 0. The van der Waals surface area contributed by atoms with Crippen LogP contribution in [0.2, 0.25) is 0 Å². The predicted octanol–water partition coefficient (Wildman–Crippen LogP) is 2.44. The third kappa shape index (κ3) is 2.92. The Morgan fingerprint density at radius 2 is 2.04 bits per heavy atom. The van der Waals surface area contributed by atoms with E-state index in [1.165, 1.54) is 12.2 Å². The minimum absolute atomic E-state index is 0.214. The van der Waals surface area contributed by atoms with Crippen molar-refractivity contribution in [1.29, 1.82) is 0 Å². The fourth-order valence-electron chi connectivity index (χ4n) is 2.96. The molecule has 1 aliphatic heterocycles. The first-order chi connectivity index (χ1) is 11.5. The first kappa shape index (κ1) is 16.3. The molecule has 6 nitrogen and oxygen atoms in total. The number of hydroxylamine groups is 2. The molecule has 3 rings (SSSR count). The van der Waals surface area contributed by atoms with Crippen molar-refractivity contribution in [2.24, 2.45) is 5.92 Å². The number of hydrogen-bond donors (Lipinski definition) is 2. The molecule has 0 aliphatic carbocycles. The molecule has 2 N–H and O–H groups in total. The molecule has 126 valence electrons. The molecule has 1 aliphatic rings. The lowest BCUT2D eigenvalue weighted by Gasteiger charge is -2.34. The Kier molecular flexibility index (Phi) is 4.40. The summed E-state index contributed by atoms with van der Waals surface area (Å²) in [6, 6.07) is 7.18. The molecule has 1 aromatic carbocycles. The van der Waals surface area contributed by atoms with Crippen molar-refractivity contribution in [1.82, 2.24) is 15.4 Å². The Balaban J connectivity index is 1.94. The minimum Gasteiger partial charge on any atom is -0.361 e. The van der Waals surface area contributed by atoms with Crippen molar-refractivity contribution in [3.05, 3.63) is 41.7 Å². The van der Waals surface area contributed by atoms with Gasteiger partial charge in [0.2, 0.25) is 5.91 Å². The van der Waals surface area contributed by atoms with Gasteiger partial charge in [0.25, 0.3) is 5.91 Å². The van der Waals surface area contributed by atoms with Crippen LogP contribution in [-0.2, 0) is 14.4 Å². The Labute approximate surface area is 140 Å². The lowest BCUT2D eigenvalue weighted by Crippen LogP contribution is -2.56. The van der Waals surface area contributed by atoms with E-state index < -0.39 is 6.04 Å². The first-order valence-electron chi connectivity index (χ1n) is 7.97. The fourth-order valence-corrected chi connectivity index (χ4v) is 2.96. The van der Waals surface area contributed by atoms with E-state index in [-0.39, 0.29) is 23.4 Å². The Morgan fingerprint density at radius 3 is 2.75 bits per heavy atom. The number of aromatic nitrogens is 1. The Hall–Kier alpha value is -2.60. The first-order valence-corrected chi connectivity index (χ1v) is 7.97. The summed E-state index contributed by atoms with van der Waals surface area (Å²) in [5, 5.41) is 4.88. The van der Waals surface area contributed by atoms with Crippen LogP contribution in [0.25, 0.3) is 17.0 Å². The largest absolute Gasteiger partial charge is 0.361 e. The lowest BCUT2D eigenvalue weighted by molar-refractivity contribution is -0.193. The SMILES string of the molecule is CON1C(=O)C(=Cc2c[nH]c3ccccc23)NC(=O)[C@@H]1CC(C)C. The van der Waals surface area contributed by atoms with Gasteiger partial charge in [-0.15, -0.1) is 0 Å². The molecule has 0 bridgehead atoms. The second kappa shape index (κ2) is 6.49. The second-order valence-corrected chi connectivity index (χ2v) is 6.30. The van der Waals surface area contributed by atoms with Gasteiger partial charge in [0, 0.05) is 22.7 Å². The van der Waals surface area contributed by atoms with Gasteiger partial charge < -0.3 is 10.3 Å². The van der Waals surface area contributed by atoms with Crippen LogP contribution in [0.15, 0.2) is 36.2 Å². The number of para-hydroxylation sites is 1. The van der Waals surface area contributed by atoms with Crippen LogP contribution in [0.5, 0.6) is 0 Å². The van der Waals surface area contributed by atoms with Gasteiger partial charge in [-0.05, 0) is 24.5 Å². The molecule has 2 heterocycles. The summed E-state index contributed by atoms with van der Waals surface area (Å²) in [6.07, 6.45) is 4.04. The summed E-state index contributed by atoms with van der Waals surface area (Å²) < 4.78 is 0. The van der Waals surface area contributed by atoms with Crippen LogP contribution in [0.3, 0.4) is 0 Å². The highest BCUT2D eigenvalue weighted by molar-refractivity contribution is 6.07. The molecular formula is C18H21N3O3. The van der Waals surface area contributed by atoms with Crippen LogP contribution >= 0.6 is 0 Å². The lowest BCUT2D eigenvalue weighted by atomic mass is 10.0. The minimum atomic E-state index is -0.609. The average molecular weight is 327 g/mol. The highest BCUT2D eigenvalue weighted by Gasteiger charge is 2.38. The van der Waals surface area contributed by atoms with E-state index in [2.05, 4.69) is 10.3 Å². The zero-order valence-electron chi connectivity index (χ0n) is 14.0. The van der Waals surface area contributed by atoms with Crippen LogP contribution in [0, 0.1) is 5.92 Å². The van der Waals surface area contributed by atoms with E-state index in [1.54, 1.807) is 6.08 Å². The molecule has 0 spiro atoms. The number of H-pyrrole nitrogens is 1. The normalized spacial score (nSPS) is 20.2. The van der Waals surface area contributed by atoms with Gasteiger partial charge >= 0.3 is 0 Å². The van der Waals surface area contributed by atoms with Crippen molar-refractivity contribution < 1.29 is 14.4 Å². The van der Waals surface area contributed by atoms with E-state index in [9.17, 15) is 9.59 Å². The summed E-state index contributed by atoms with van der Waals surface area (Å²) in [4.78, 5) is 33.4. The molecule has 0 unspecified atom stereocenters. The molecule has 2 amide bonds. The number of hydrogen-bond acceptors (Lipinski definition) is 3. The van der Waals surface area contributed by atoms with Crippen molar-refractivity contribution in [2.75, 3.05) is 7.11 Å². The number of carbonyl (C=O) groups excluding carboxylic acids is 2. The van der Waals surface area contributed by atoms with Gasteiger partial charge in [-0.2, -0.15) is 0 Å². The van der Waals surface area contributed by atoms with E-state index in [4.69, 9.17) is 4.84 Å². The summed E-state index contributed by atoms with van der Waals surface area (Å²) in [5.74, 6) is -0.297. The summed E-state index contributed by atoms with van der Waals surface area (Å²) in [7, 11) is 1.41. The van der Waals surface area contributed by atoms with Gasteiger partial charge in [0.15, 0.2) is 0 Å². The molecule has 1 fully saturated rings. The molecule has 2 aromatic rings. The smallest absolute Gasteiger partial charge is 0.294 e. The van der Waals surface area contributed by atoms with Gasteiger partial charge in [-0.25, -0.2) is 5.06 Å². The van der Waals surface area contributed by atoms with E-state index in [1.807, 2.05) is 44.3 Å². The maximum atomic E-state index is 12.7. The number of nitrogens with one attached hydrogen (secondary N) is 2. The number of rotatable bonds is 4. The van der Waals surface area contributed by atoms with Crippen LogP contribution in [0.1, 0.15) is 25.8 Å². The maximum Gasteiger partial charge on any atom is 0.294 e. The molecular weight excluding hydrogens is 306 g/mol. The summed E-state index contributed by atoms with van der Waals surface area (Å²) in [5.41, 5.74) is 2.03. The number of amides is 2. The number of fused-ring (bicyclic) bond motifs is 1. The molecule has 0 saturated carbocycles. The van der Waals surface area contributed by atoms with Crippen molar-refractivity contribution in [3.63, 3.8) is 0 Å². The number of nitrogens with zero attached hydrogens (tertiary/aromatic N) is 1. The molecule has 1 aromatic heterocycles. The third-order valence-corrected chi connectivity index (χ3v) is 4.09. The van der Waals surface area contributed by atoms with Crippen molar-refractivity contribution in [3.8, 4) is 0 Å². The van der Waals surface area contributed by atoms with Gasteiger partial charge in [-0.3, -0.25) is 14.4 Å². The average Bonchev–Trinajstić information content (AvgIpc) is 2.95. The molecule has 24 heavy (non-hydrogen) atoms. The van der Waals surface area contributed by atoms with Crippen LogP contribution in [0.4, 0.5) is 0 Å². The standard InChI is InChI=1S/C18H21N3O3/c1-11(2)8-16-17(22)20-15(18(23)21(16)24-3)9-12-10-19-14-7-5-4-6-13(12)14/h4-7,9-11,16,19H,8H2,1-3H3,(H,20,22)/t16-/m0/s1. The van der Waals surface area contributed by atoms with Gasteiger partial charge in [-0.1, -0.05) is 32.0 Å². The van der Waals surface area contributed by atoms with Gasteiger partial charge in [0.1, 0.15) is 11.7 Å². The zero-order valence-corrected chi connectivity index (χ0v) is 14.0. The van der Waals surface area contributed by atoms with E-state index >= 15 is 0 Å². The monoisotopic (exact) mass is 327 g/mol. The molecule has 6 heteroatoms. The van der Waals surface area contributed by atoms with Crippen LogP contribution < -0.4 is 5.32 Å². The Morgan fingerprint density at radius 1 is 1.29 bits per heavy atom. The zero-order chi connectivity index (χ0) is 17.3. The van der Waals surface area contributed by atoms with Gasteiger partial charge in [0.05, 0.1) is 7.11 Å². The van der Waals surface area contributed by atoms with Crippen molar-refractivity contribution >= 4 is 28.8 Å². The topological polar surface area (TPSA) is 74.4 Å². The molecule has 0 radical (unpaired) electrons. The molecule has 1 atom stereocenters. The molecule has 1 saturated heterocycles. The van der Waals surface area contributed by atoms with E-state index in [0.29, 0.717) is 6.42 Å². The number of carbonyl (C=O) groups is 2. The number of aromatic amines is 1. The van der Waals surface area contributed by atoms with Crippen LogP contribution in [-0.4, -0.2) is 35.0 Å².